The van der Waals surface area contributed by atoms with Gasteiger partial charge >= 0.3 is 0 Å². The van der Waals surface area contributed by atoms with Crippen LogP contribution in [0.25, 0.3) is 6.08 Å². The fourth-order valence-corrected chi connectivity index (χ4v) is 4.89. The lowest BCUT2D eigenvalue weighted by Gasteiger charge is -2.34. The zero-order valence-corrected chi connectivity index (χ0v) is 15.1. The third-order valence-corrected chi connectivity index (χ3v) is 5.94. The van der Waals surface area contributed by atoms with Gasteiger partial charge in [-0.15, -0.1) is 0 Å². The summed E-state index contributed by atoms with van der Waals surface area (Å²) in [6, 6.07) is 12.0. The molecule has 2 aromatic rings. The summed E-state index contributed by atoms with van der Waals surface area (Å²) in [5.74, 6) is -2.98. The molecule has 0 aliphatic carbocycles. The number of ketones is 1. The highest BCUT2D eigenvalue weighted by Crippen LogP contribution is 2.53. The van der Waals surface area contributed by atoms with Crippen molar-refractivity contribution in [1.29, 1.82) is 0 Å². The monoisotopic (exact) mass is 376 g/mol. The molecular weight excluding hydrogens is 359 g/mol. The maximum atomic E-state index is 13.7. The smallest absolute Gasteiger partial charge is 0.240 e. The largest absolute Gasteiger partial charge is 0.359 e. The van der Waals surface area contributed by atoms with E-state index in [0.29, 0.717) is 0 Å². The average Bonchev–Trinajstić information content (AvgIpc) is 3.15. The van der Waals surface area contributed by atoms with Crippen LogP contribution in [0.15, 0.2) is 54.7 Å². The minimum absolute atomic E-state index is 0.163. The van der Waals surface area contributed by atoms with E-state index in [1.165, 1.54) is 31.2 Å². The third-order valence-electron chi connectivity index (χ3n) is 5.94. The first kappa shape index (κ1) is 16.9. The summed E-state index contributed by atoms with van der Waals surface area (Å²) < 4.78 is 13.7. The Morgan fingerprint density at radius 2 is 1.75 bits per heavy atom. The molecule has 0 saturated carbocycles. The number of amides is 2. The van der Waals surface area contributed by atoms with Gasteiger partial charge in [0, 0.05) is 6.20 Å². The van der Waals surface area contributed by atoms with Crippen molar-refractivity contribution < 1.29 is 18.8 Å². The Bertz CT molecular complexity index is 1060. The minimum Gasteiger partial charge on any atom is -0.359 e. The van der Waals surface area contributed by atoms with E-state index in [4.69, 9.17) is 0 Å². The molecule has 2 saturated heterocycles. The summed E-state index contributed by atoms with van der Waals surface area (Å²) >= 11 is 0. The van der Waals surface area contributed by atoms with Gasteiger partial charge in [-0.1, -0.05) is 30.3 Å². The molecule has 2 amide bonds. The van der Waals surface area contributed by atoms with Crippen LogP contribution in [0.5, 0.6) is 0 Å². The topological polar surface area (TPSA) is 57.7 Å². The highest BCUT2D eigenvalue weighted by molar-refractivity contribution is 6.24. The zero-order chi connectivity index (χ0) is 19.6. The second-order valence-corrected chi connectivity index (χ2v) is 7.44. The highest BCUT2D eigenvalue weighted by Gasteiger charge is 2.63. The van der Waals surface area contributed by atoms with E-state index in [1.807, 2.05) is 41.4 Å². The first-order valence-electron chi connectivity index (χ1n) is 9.17. The fraction of sp³-hybridized carbons (Fsp3) is 0.227. The number of carbonyl (C=O) groups is 3. The molecule has 0 bridgehead atoms. The Morgan fingerprint density at radius 1 is 1.00 bits per heavy atom. The molecule has 0 unspecified atom stereocenters. The molecule has 28 heavy (non-hydrogen) atoms. The third kappa shape index (κ3) is 2.14. The number of fused-ring (bicyclic) bond motifs is 5. The van der Waals surface area contributed by atoms with Crippen LogP contribution in [0.3, 0.4) is 0 Å². The number of rotatable bonds is 2. The molecule has 2 fully saturated rings. The molecule has 0 spiro atoms. The molecule has 5 nitrogen and oxygen atoms in total. The summed E-state index contributed by atoms with van der Waals surface area (Å²) in [4.78, 5) is 42.0. The van der Waals surface area contributed by atoms with Crippen molar-refractivity contribution >= 4 is 29.4 Å². The standard InChI is InChI=1S/C22H17FN2O3/c1-12(26)19-17-18(20-16-8-3-2-5-13(16)9-10-24(19)20)22(28)25(21(17)27)15-7-4-6-14(23)11-15/h2-11,17-20H,1H3/t17-,18+,19+,20-/m0/s1. The number of imide groups is 1. The Kier molecular flexibility index (Phi) is 3.53. The molecule has 0 aromatic heterocycles. The number of carbonyl (C=O) groups excluding carboxylic acids is 3. The van der Waals surface area contributed by atoms with Gasteiger partial charge < -0.3 is 4.90 Å². The molecule has 3 heterocycles. The highest BCUT2D eigenvalue weighted by atomic mass is 19.1. The Hall–Kier alpha value is -3.28. The van der Waals surface area contributed by atoms with Gasteiger partial charge in [0.1, 0.15) is 5.82 Å². The predicted molar refractivity (Wildman–Crippen MR) is 100 cm³/mol. The Labute approximate surface area is 161 Å². The molecule has 0 N–H and O–H groups in total. The maximum absolute atomic E-state index is 13.7. The first-order valence-corrected chi connectivity index (χ1v) is 9.17. The van der Waals surface area contributed by atoms with Crippen molar-refractivity contribution in [2.45, 2.75) is 19.0 Å². The van der Waals surface area contributed by atoms with Crippen molar-refractivity contribution in [3.8, 4) is 0 Å². The summed E-state index contributed by atoms with van der Waals surface area (Å²) in [7, 11) is 0. The van der Waals surface area contributed by atoms with Crippen LogP contribution in [-0.4, -0.2) is 28.5 Å². The van der Waals surface area contributed by atoms with Crippen molar-refractivity contribution in [2.75, 3.05) is 4.90 Å². The molecule has 4 atom stereocenters. The summed E-state index contributed by atoms with van der Waals surface area (Å²) in [6.45, 7) is 1.45. The van der Waals surface area contributed by atoms with Crippen LogP contribution < -0.4 is 4.90 Å². The second-order valence-electron chi connectivity index (χ2n) is 7.44. The van der Waals surface area contributed by atoms with Gasteiger partial charge in [-0.25, -0.2) is 9.29 Å². The minimum atomic E-state index is -0.783. The van der Waals surface area contributed by atoms with Crippen LogP contribution >= 0.6 is 0 Å². The van der Waals surface area contributed by atoms with E-state index in [-0.39, 0.29) is 17.4 Å². The van der Waals surface area contributed by atoms with Gasteiger partial charge in [0.05, 0.1) is 29.6 Å². The number of benzene rings is 2. The van der Waals surface area contributed by atoms with Gasteiger partial charge in [0.15, 0.2) is 5.78 Å². The van der Waals surface area contributed by atoms with Gasteiger partial charge in [-0.3, -0.25) is 14.4 Å². The van der Waals surface area contributed by atoms with Crippen molar-refractivity contribution in [1.82, 2.24) is 4.90 Å². The van der Waals surface area contributed by atoms with Gasteiger partial charge in [-0.2, -0.15) is 0 Å². The Morgan fingerprint density at radius 3 is 2.50 bits per heavy atom. The molecule has 3 aliphatic rings. The van der Waals surface area contributed by atoms with E-state index in [9.17, 15) is 18.8 Å². The van der Waals surface area contributed by atoms with Crippen LogP contribution in [-0.2, 0) is 14.4 Å². The summed E-state index contributed by atoms with van der Waals surface area (Å²) in [6.07, 6.45) is 3.71. The van der Waals surface area contributed by atoms with Crippen molar-refractivity contribution in [3.05, 3.63) is 71.7 Å². The van der Waals surface area contributed by atoms with Crippen molar-refractivity contribution in [3.63, 3.8) is 0 Å². The number of anilines is 1. The number of halogens is 1. The molecule has 140 valence electrons. The normalized spacial score (nSPS) is 27.6. The lowest BCUT2D eigenvalue weighted by atomic mass is 9.84. The van der Waals surface area contributed by atoms with E-state index in [1.54, 1.807) is 0 Å². The lowest BCUT2D eigenvalue weighted by Crippen LogP contribution is -2.43. The van der Waals surface area contributed by atoms with Crippen molar-refractivity contribution in [2.24, 2.45) is 11.8 Å². The van der Waals surface area contributed by atoms with E-state index in [0.717, 1.165) is 16.0 Å². The summed E-state index contributed by atoms with van der Waals surface area (Å²) in [5, 5.41) is 0. The van der Waals surface area contributed by atoms with Gasteiger partial charge in [-0.05, 0) is 42.3 Å². The zero-order valence-electron chi connectivity index (χ0n) is 15.1. The van der Waals surface area contributed by atoms with Crippen LogP contribution in [0.4, 0.5) is 10.1 Å². The van der Waals surface area contributed by atoms with E-state index in [2.05, 4.69) is 0 Å². The number of nitrogens with zero attached hydrogens (tertiary/aromatic N) is 2. The SMILES string of the molecule is CC(=O)[C@@H]1[C@H]2C(=O)N(c3cccc(F)c3)C(=O)[C@H]2[C@@H]2c3ccccc3C=CN12. The van der Waals surface area contributed by atoms with E-state index >= 15 is 0 Å². The second kappa shape index (κ2) is 5.86. The fourth-order valence-electron chi connectivity index (χ4n) is 4.89. The Balaban J connectivity index is 1.66. The van der Waals surface area contributed by atoms with Gasteiger partial charge in [0.2, 0.25) is 11.8 Å². The van der Waals surface area contributed by atoms with Crippen LogP contribution in [0, 0.1) is 17.7 Å². The van der Waals surface area contributed by atoms with Crippen LogP contribution in [0.1, 0.15) is 24.1 Å². The molecule has 6 heteroatoms. The molecule has 3 aliphatic heterocycles. The quantitative estimate of drug-likeness (QED) is 0.757. The maximum Gasteiger partial charge on any atom is 0.240 e. The molecule has 2 aromatic carbocycles. The van der Waals surface area contributed by atoms with Crippen LogP contribution in [0.2, 0.25) is 0 Å². The number of hydrogen-bond donors (Lipinski definition) is 0. The predicted octanol–water partition coefficient (Wildman–Crippen LogP) is 2.93. The molecular formula is C22H17FN2O3. The molecule has 5 rings (SSSR count). The summed E-state index contributed by atoms with van der Waals surface area (Å²) in [5.41, 5.74) is 2.10. The van der Waals surface area contributed by atoms with Gasteiger partial charge in [0.25, 0.3) is 0 Å². The number of hydrogen-bond acceptors (Lipinski definition) is 4. The number of Topliss-reactive ketones (excluding diaryl/α,β-unsaturated/α-hetero) is 1. The molecule has 0 radical (unpaired) electrons. The average molecular weight is 376 g/mol. The first-order chi connectivity index (χ1) is 13.5. The lowest BCUT2D eigenvalue weighted by molar-refractivity contribution is -0.129. The van der Waals surface area contributed by atoms with E-state index < -0.39 is 35.6 Å².